The lowest BCUT2D eigenvalue weighted by molar-refractivity contribution is 0.362. The molecule has 94 valence electrons. The molecular weight excluding hydrogens is 208 g/mol. The van der Waals surface area contributed by atoms with Gasteiger partial charge in [0.1, 0.15) is 0 Å². The van der Waals surface area contributed by atoms with Gasteiger partial charge in [0.25, 0.3) is 0 Å². The fourth-order valence-corrected chi connectivity index (χ4v) is 3.11. The maximum atomic E-state index is 4.13. The lowest BCUT2D eigenvalue weighted by atomic mass is 9.91. The molecule has 1 aliphatic rings. The summed E-state index contributed by atoms with van der Waals surface area (Å²) in [5.74, 6) is 0.784. The standard InChI is InChI=1S/C15H24N2/c1-11-7-15(3,4)8-14(11)17-10-13-5-6-16-9-12(13)2/h5-6,9,11,14,17H,7-8,10H2,1-4H3. The van der Waals surface area contributed by atoms with Gasteiger partial charge in [0.15, 0.2) is 0 Å². The number of aryl methyl sites for hydroxylation is 1. The molecule has 0 aromatic carbocycles. The van der Waals surface area contributed by atoms with Crippen molar-refractivity contribution in [2.24, 2.45) is 11.3 Å². The Morgan fingerprint density at radius 1 is 1.41 bits per heavy atom. The van der Waals surface area contributed by atoms with E-state index in [-0.39, 0.29) is 0 Å². The highest BCUT2D eigenvalue weighted by molar-refractivity contribution is 5.21. The van der Waals surface area contributed by atoms with Crippen LogP contribution >= 0.6 is 0 Å². The molecular formula is C15H24N2. The largest absolute Gasteiger partial charge is 0.310 e. The third kappa shape index (κ3) is 3.06. The van der Waals surface area contributed by atoms with E-state index in [1.165, 1.54) is 24.0 Å². The zero-order chi connectivity index (χ0) is 12.5. The van der Waals surface area contributed by atoms with Gasteiger partial charge in [0, 0.05) is 25.0 Å². The van der Waals surface area contributed by atoms with Gasteiger partial charge in [0.05, 0.1) is 0 Å². The maximum Gasteiger partial charge on any atom is 0.0300 e. The van der Waals surface area contributed by atoms with Crippen molar-refractivity contribution in [2.45, 2.75) is 53.1 Å². The fraction of sp³-hybridized carbons (Fsp3) is 0.667. The van der Waals surface area contributed by atoms with Crippen LogP contribution in [0.5, 0.6) is 0 Å². The summed E-state index contributed by atoms with van der Waals surface area (Å²) in [6.07, 6.45) is 6.45. The minimum absolute atomic E-state index is 0.504. The Hall–Kier alpha value is -0.890. The highest BCUT2D eigenvalue weighted by Crippen LogP contribution is 2.40. The Labute approximate surface area is 105 Å². The molecule has 2 atom stereocenters. The number of rotatable bonds is 3. The van der Waals surface area contributed by atoms with Crippen LogP contribution in [0.25, 0.3) is 0 Å². The van der Waals surface area contributed by atoms with E-state index in [2.05, 4.69) is 44.1 Å². The van der Waals surface area contributed by atoms with Gasteiger partial charge in [-0.1, -0.05) is 20.8 Å². The molecule has 17 heavy (non-hydrogen) atoms. The molecule has 2 unspecified atom stereocenters. The topological polar surface area (TPSA) is 24.9 Å². The van der Waals surface area contributed by atoms with Crippen molar-refractivity contribution in [3.8, 4) is 0 Å². The zero-order valence-electron chi connectivity index (χ0n) is 11.5. The van der Waals surface area contributed by atoms with E-state index in [1.54, 1.807) is 0 Å². The van der Waals surface area contributed by atoms with Crippen LogP contribution in [-0.4, -0.2) is 11.0 Å². The van der Waals surface area contributed by atoms with Crippen molar-refractivity contribution in [1.82, 2.24) is 10.3 Å². The Bertz CT molecular complexity index is 384. The molecule has 2 heteroatoms. The van der Waals surface area contributed by atoms with Crippen LogP contribution in [0, 0.1) is 18.3 Å². The minimum Gasteiger partial charge on any atom is -0.310 e. The first kappa shape index (κ1) is 12.6. The molecule has 0 spiro atoms. The Kier molecular flexibility index (Phi) is 3.53. The molecule has 0 aliphatic heterocycles. The van der Waals surface area contributed by atoms with Crippen LogP contribution in [0.1, 0.15) is 44.7 Å². The first-order chi connectivity index (χ1) is 7.98. The smallest absolute Gasteiger partial charge is 0.0300 e. The molecule has 2 rings (SSSR count). The number of hydrogen-bond acceptors (Lipinski definition) is 2. The highest BCUT2D eigenvalue weighted by Gasteiger charge is 2.36. The van der Waals surface area contributed by atoms with Gasteiger partial charge in [-0.15, -0.1) is 0 Å². The molecule has 1 heterocycles. The Balaban J connectivity index is 1.93. The molecule has 1 aliphatic carbocycles. The van der Waals surface area contributed by atoms with Gasteiger partial charge in [-0.25, -0.2) is 0 Å². The summed E-state index contributed by atoms with van der Waals surface area (Å²) in [5.41, 5.74) is 3.16. The summed E-state index contributed by atoms with van der Waals surface area (Å²) in [7, 11) is 0. The molecule has 0 amide bonds. The number of nitrogens with one attached hydrogen (secondary N) is 1. The van der Waals surface area contributed by atoms with Crippen LogP contribution < -0.4 is 5.32 Å². The van der Waals surface area contributed by atoms with Crippen LogP contribution in [0.15, 0.2) is 18.5 Å². The third-order valence-corrected chi connectivity index (χ3v) is 4.03. The summed E-state index contributed by atoms with van der Waals surface area (Å²) in [5, 5.41) is 3.72. The SMILES string of the molecule is Cc1cnccc1CNC1CC(C)(C)CC1C. The van der Waals surface area contributed by atoms with Crippen molar-refractivity contribution in [3.05, 3.63) is 29.6 Å². The average Bonchev–Trinajstić information content (AvgIpc) is 2.51. The highest BCUT2D eigenvalue weighted by atomic mass is 14.9. The quantitative estimate of drug-likeness (QED) is 0.865. The number of hydrogen-bond donors (Lipinski definition) is 1. The van der Waals surface area contributed by atoms with Gasteiger partial charge >= 0.3 is 0 Å². The van der Waals surface area contributed by atoms with Crippen molar-refractivity contribution in [2.75, 3.05) is 0 Å². The van der Waals surface area contributed by atoms with Crippen molar-refractivity contribution in [1.29, 1.82) is 0 Å². The lowest BCUT2D eigenvalue weighted by Crippen LogP contribution is -2.31. The number of nitrogens with zero attached hydrogens (tertiary/aromatic N) is 1. The van der Waals surface area contributed by atoms with E-state index < -0.39 is 0 Å². The Morgan fingerprint density at radius 3 is 2.76 bits per heavy atom. The van der Waals surface area contributed by atoms with E-state index in [0.717, 1.165) is 12.5 Å². The lowest BCUT2D eigenvalue weighted by Gasteiger charge is -2.19. The predicted octanol–water partition coefficient (Wildman–Crippen LogP) is 3.30. The van der Waals surface area contributed by atoms with Gasteiger partial charge < -0.3 is 5.32 Å². The van der Waals surface area contributed by atoms with E-state index in [1.807, 2.05) is 12.4 Å². The summed E-state index contributed by atoms with van der Waals surface area (Å²) in [4.78, 5) is 4.13. The monoisotopic (exact) mass is 232 g/mol. The predicted molar refractivity (Wildman–Crippen MR) is 71.8 cm³/mol. The van der Waals surface area contributed by atoms with E-state index in [4.69, 9.17) is 0 Å². The second-order valence-corrected chi connectivity index (χ2v) is 6.34. The summed E-state index contributed by atoms with van der Waals surface area (Å²) >= 11 is 0. The Morgan fingerprint density at radius 2 is 2.18 bits per heavy atom. The molecule has 1 aromatic rings. The van der Waals surface area contributed by atoms with Crippen LogP contribution in [-0.2, 0) is 6.54 Å². The minimum atomic E-state index is 0.504. The molecule has 1 saturated carbocycles. The molecule has 0 radical (unpaired) electrons. The maximum absolute atomic E-state index is 4.13. The molecule has 1 aromatic heterocycles. The van der Waals surface area contributed by atoms with Crippen molar-refractivity contribution in [3.63, 3.8) is 0 Å². The second kappa shape index (κ2) is 4.77. The van der Waals surface area contributed by atoms with Crippen molar-refractivity contribution >= 4 is 0 Å². The number of aromatic nitrogens is 1. The van der Waals surface area contributed by atoms with Gasteiger partial charge in [-0.05, 0) is 48.3 Å². The zero-order valence-corrected chi connectivity index (χ0v) is 11.5. The van der Waals surface area contributed by atoms with Gasteiger partial charge in [-0.3, -0.25) is 4.98 Å². The van der Waals surface area contributed by atoms with Gasteiger partial charge in [0.2, 0.25) is 0 Å². The van der Waals surface area contributed by atoms with E-state index in [9.17, 15) is 0 Å². The van der Waals surface area contributed by atoms with Gasteiger partial charge in [-0.2, -0.15) is 0 Å². The fourth-order valence-electron chi connectivity index (χ4n) is 3.11. The summed E-state index contributed by atoms with van der Waals surface area (Å²) in [6, 6.07) is 2.78. The first-order valence-electron chi connectivity index (χ1n) is 6.61. The summed E-state index contributed by atoms with van der Waals surface area (Å²) in [6.45, 7) is 10.2. The van der Waals surface area contributed by atoms with Crippen molar-refractivity contribution < 1.29 is 0 Å². The molecule has 2 nitrogen and oxygen atoms in total. The van der Waals surface area contributed by atoms with Crippen LogP contribution in [0.3, 0.4) is 0 Å². The summed E-state index contributed by atoms with van der Waals surface area (Å²) < 4.78 is 0. The van der Waals surface area contributed by atoms with E-state index >= 15 is 0 Å². The van der Waals surface area contributed by atoms with Crippen LogP contribution in [0.2, 0.25) is 0 Å². The molecule has 0 saturated heterocycles. The van der Waals surface area contributed by atoms with E-state index in [0.29, 0.717) is 11.5 Å². The first-order valence-corrected chi connectivity index (χ1v) is 6.61. The molecule has 1 N–H and O–H groups in total. The van der Waals surface area contributed by atoms with Crippen LogP contribution in [0.4, 0.5) is 0 Å². The second-order valence-electron chi connectivity index (χ2n) is 6.34. The normalized spacial score (nSPS) is 27.3. The molecule has 0 bridgehead atoms. The average molecular weight is 232 g/mol. The molecule has 1 fully saturated rings. The third-order valence-electron chi connectivity index (χ3n) is 4.03. The number of pyridine rings is 1.